The molecule has 1 aliphatic carbocycles. The number of hydrogen-bond donors (Lipinski definition) is 1. The van der Waals surface area contributed by atoms with Crippen molar-refractivity contribution in [1.29, 1.82) is 0 Å². The average Bonchev–Trinajstić information content (AvgIpc) is 2.17. The van der Waals surface area contributed by atoms with E-state index < -0.39 is 0 Å². The lowest BCUT2D eigenvalue weighted by molar-refractivity contribution is -0.120. The van der Waals surface area contributed by atoms with Crippen LogP contribution >= 0.6 is 0 Å². The summed E-state index contributed by atoms with van der Waals surface area (Å²) in [5, 5.41) is 3.37. The van der Waals surface area contributed by atoms with Crippen molar-refractivity contribution in [2.24, 2.45) is 11.8 Å². The molecule has 0 unspecified atom stereocenters. The van der Waals surface area contributed by atoms with Gasteiger partial charge in [0.05, 0.1) is 6.04 Å². The van der Waals surface area contributed by atoms with E-state index in [9.17, 15) is 4.79 Å². The van der Waals surface area contributed by atoms with Crippen molar-refractivity contribution in [3.05, 3.63) is 0 Å². The second-order valence-electron chi connectivity index (χ2n) is 4.61. The van der Waals surface area contributed by atoms with Crippen molar-refractivity contribution in [3.63, 3.8) is 0 Å². The van der Waals surface area contributed by atoms with Crippen LogP contribution in [0.1, 0.15) is 39.0 Å². The molecule has 1 aliphatic heterocycles. The van der Waals surface area contributed by atoms with E-state index in [4.69, 9.17) is 0 Å². The highest BCUT2D eigenvalue weighted by Crippen LogP contribution is 2.35. The maximum atomic E-state index is 11.2. The summed E-state index contributed by atoms with van der Waals surface area (Å²) in [6, 6.07) is 0.166. The third-order valence-corrected chi connectivity index (χ3v) is 3.72. The lowest BCUT2D eigenvalue weighted by atomic mass is 9.73. The van der Waals surface area contributed by atoms with Gasteiger partial charge in [-0.1, -0.05) is 19.3 Å². The zero-order chi connectivity index (χ0) is 9.26. The Morgan fingerprint density at radius 3 is 2.62 bits per heavy atom. The van der Waals surface area contributed by atoms with Crippen LogP contribution in [0.3, 0.4) is 0 Å². The summed E-state index contributed by atoms with van der Waals surface area (Å²) < 4.78 is 0. The van der Waals surface area contributed by atoms with Gasteiger partial charge in [0.25, 0.3) is 0 Å². The van der Waals surface area contributed by atoms with E-state index >= 15 is 0 Å². The van der Waals surface area contributed by atoms with Crippen LogP contribution in [0.5, 0.6) is 0 Å². The lowest BCUT2D eigenvalue weighted by Crippen LogP contribution is -2.48. The highest BCUT2D eigenvalue weighted by molar-refractivity contribution is 5.81. The first-order valence-corrected chi connectivity index (χ1v) is 5.51. The molecule has 2 fully saturated rings. The minimum Gasteiger partial charge on any atom is -0.307 e. The maximum Gasteiger partial charge on any atom is 0.146 e. The fourth-order valence-electron chi connectivity index (χ4n) is 2.85. The Kier molecular flexibility index (Phi) is 2.68. The third-order valence-electron chi connectivity index (χ3n) is 3.72. The van der Waals surface area contributed by atoms with Gasteiger partial charge in [-0.3, -0.25) is 4.79 Å². The first-order chi connectivity index (χ1) is 6.27. The molecule has 2 aliphatic rings. The second-order valence-corrected chi connectivity index (χ2v) is 4.61. The molecule has 0 aromatic carbocycles. The van der Waals surface area contributed by atoms with Gasteiger partial charge in [0.15, 0.2) is 0 Å². The van der Waals surface area contributed by atoms with Crippen LogP contribution in [0.2, 0.25) is 0 Å². The molecule has 13 heavy (non-hydrogen) atoms. The third kappa shape index (κ3) is 1.93. The Morgan fingerprint density at radius 2 is 1.92 bits per heavy atom. The number of ketones is 1. The van der Waals surface area contributed by atoms with Gasteiger partial charge < -0.3 is 5.32 Å². The zero-order valence-corrected chi connectivity index (χ0v) is 8.38. The summed E-state index contributed by atoms with van der Waals surface area (Å²) >= 11 is 0. The Morgan fingerprint density at radius 1 is 1.23 bits per heavy atom. The monoisotopic (exact) mass is 181 g/mol. The molecule has 0 aromatic heterocycles. The molecule has 3 atom stereocenters. The number of piperidine rings is 1. The van der Waals surface area contributed by atoms with Gasteiger partial charge >= 0.3 is 0 Å². The van der Waals surface area contributed by atoms with Crippen molar-refractivity contribution in [1.82, 2.24) is 5.32 Å². The molecule has 0 bridgehead atoms. The predicted molar refractivity (Wildman–Crippen MR) is 52.5 cm³/mol. The normalized spacial score (nSPS) is 39.6. The molecule has 0 amide bonds. The zero-order valence-electron chi connectivity index (χ0n) is 8.38. The SMILES string of the molecule is CC(=O)[C@@H]1C[C@@H]2CCCC[C@@H]2CN1. The van der Waals surface area contributed by atoms with Gasteiger partial charge in [0.1, 0.15) is 5.78 Å². The molecule has 0 radical (unpaired) electrons. The van der Waals surface area contributed by atoms with Crippen molar-refractivity contribution in [2.75, 3.05) is 6.54 Å². The molecule has 2 nitrogen and oxygen atoms in total. The summed E-state index contributed by atoms with van der Waals surface area (Å²) in [5.41, 5.74) is 0. The molecule has 74 valence electrons. The van der Waals surface area contributed by atoms with E-state index in [1.165, 1.54) is 25.7 Å². The Hall–Kier alpha value is -0.370. The topological polar surface area (TPSA) is 29.1 Å². The molecule has 1 saturated heterocycles. The molecule has 0 spiro atoms. The van der Waals surface area contributed by atoms with Crippen molar-refractivity contribution in [2.45, 2.75) is 45.1 Å². The summed E-state index contributed by atoms with van der Waals surface area (Å²) in [6.07, 6.45) is 6.61. The number of fused-ring (bicyclic) bond motifs is 1. The summed E-state index contributed by atoms with van der Waals surface area (Å²) in [5.74, 6) is 2.03. The molecule has 1 N–H and O–H groups in total. The molecule has 0 aromatic rings. The number of nitrogens with one attached hydrogen (secondary N) is 1. The largest absolute Gasteiger partial charge is 0.307 e. The van der Waals surface area contributed by atoms with E-state index in [-0.39, 0.29) is 6.04 Å². The van der Waals surface area contributed by atoms with Gasteiger partial charge in [-0.2, -0.15) is 0 Å². The van der Waals surface area contributed by atoms with Crippen LogP contribution in [0.25, 0.3) is 0 Å². The predicted octanol–water partition coefficient (Wildman–Crippen LogP) is 1.74. The highest BCUT2D eigenvalue weighted by atomic mass is 16.1. The molecule has 1 heterocycles. The van der Waals surface area contributed by atoms with Crippen LogP contribution in [0.15, 0.2) is 0 Å². The van der Waals surface area contributed by atoms with Crippen LogP contribution in [-0.4, -0.2) is 18.4 Å². The lowest BCUT2D eigenvalue weighted by Gasteiger charge is -2.39. The molecule has 2 rings (SSSR count). The summed E-state index contributed by atoms with van der Waals surface area (Å²) in [7, 11) is 0. The van der Waals surface area contributed by atoms with Gasteiger partial charge in [-0.25, -0.2) is 0 Å². The van der Waals surface area contributed by atoms with E-state index in [2.05, 4.69) is 5.32 Å². The van der Waals surface area contributed by atoms with Crippen molar-refractivity contribution >= 4 is 5.78 Å². The van der Waals surface area contributed by atoms with E-state index in [1.807, 2.05) is 0 Å². The minimum absolute atomic E-state index is 0.166. The van der Waals surface area contributed by atoms with Crippen LogP contribution in [-0.2, 0) is 4.79 Å². The minimum atomic E-state index is 0.166. The number of Topliss-reactive ketones (excluding diaryl/α,β-unsaturated/α-hetero) is 1. The molecular weight excluding hydrogens is 162 g/mol. The van der Waals surface area contributed by atoms with Gasteiger partial charge in [0.2, 0.25) is 0 Å². The van der Waals surface area contributed by atoms with Crippen LogP contribution < -0.4 is 5.32 Å². The van der Waals surface area contributed by atoms with E-state index in [1.54, 1.807) is 6.92 Å². The van der Waals surface area contributed by atoms with Gasteiger partial charge in [0, 0.05) is 0 Å². The number of hydrogen-bond acceptors (Lipinski definition) is 2. The first-order valence-electron chi connectivity index (χ1n) is 5.51. The highest BCUT2D eigenvalue weighted by Gasteiger charge is 2.33. The van der Waals surface area contributed by atoms with Gasteiger partial charge in [-0.15, -0.1) is 0 Å². The maximum absolute atomic E-state index is 11.2. The van der Waals surface area contributed by atoms with E-state index in [0.717, 1.165) is 24.8 Å². The van der Waals surface area contributed by atoms with Crippen LogP contribution in [0, 0.1) is 11.8 Å². The molecule has 1 saturated carbocycles. The summed E-state index contributed by atoms with van der Waals surface area (Å²) in [4.78, 5) is 11.2. The fourth-order valence-corrected chi connectivity index (χ4v) is 2.85. The quantitative estimate of drug-likeness (QED) is 0.667. The Balaban J connectivity index is 1.95. The molecular formula is C11H19NO. The Labute approximate surface area is 80.1 Å². The average molecular weight is 181 g/mol. The summed E-state index contributed by atoms with van der Waals surface area (Å²) in [6.45, 7) is 2.79. The Bertz CT molecular complexity index is 202. The first kappa shape index (κ1) is 9.20. The molecule has 2 heteroatoms. The van der Waals surface area contributed by atoms with Crippen molar-refractivity contribution < 1.29 is 4.79 Å². The number of carbonyl (C=O) groups excluding carboxylic acids is 1. The fraction of sp³-hybridized carbons (Fsp3) is 0.909. The second kappa shape index (κ2) is 3.79. The van der Waals surface area contributed by atoms with Crippen LogP contribution in [0.4, 0.5) is 0 Å². The number of carbonyl (C=O) groups is 1. The van der Waals surface area contributed by atoms with E-state index in [0.29, 0.717) is 5.78 Å². The van der Waals surface area contributed by atoms with Gasteiger partial charge in [-0.05, 0) is 38.1 Å². The smallest absolute Gasteiger partial charge is 0.146 e. The standard InChI is InChI=1S/C11H19NO/c1-8(13)11-6-9-4-2-3-5-10(9)7-12-11/h9-12H,2-7H2,1H3/t9-,10+,11-/m0/s1. The van der Waals surface area contributed by atoms with Crippen molar-refractivity contribution in [3.8, 4) is 0 Å². The number of rotatable bonds is 1.